The minimum absolute atomic E-state index is 0.0825. The van der Waals surface area contributed by atoms with Crippen molar-refractivity contribution >= 4 is 17.2 Å². The molecule has 0 aromatic rings. The van der Waals surface area contributed by atoms with Gasteiger partial charge in [-0.2, -0.15) is 5.10 Å². The van der Waals surface area contributed by atoms with Crippen LogP contribution in [0.2, 0.25) is 0 Å². The van der Waals surface area contributed by atoms with Gasteiger partial charge in [-0.25, -0.2) is 0 Å². The number of ketones is 1. The first-order valence-corrected chi connectivity index (χ1v) is 5.55. The fourth-order valence-corrected chi connectivity index (χ4v) is 1.53. The summed E-state index contributed by atoms with van der Waals surface area (Å²) in [6, 6.07) is 0. The van der Waals surface area contributed by atoms with E-state index in [-0.39, 0.29) is 5.78 Å². The third kappa shape index (κ3) is 2.97. The summed E-state index contributed by atoms with van der Waals surface area (Å²) in [4.78, 5) is 11.6. The van der Waals surface area contributed by atoms with E-state index in [0.29, 0.717) is 5.71 Å². The minimum Gasteiger partial charge on any atom is -0.287 e. The molecule has 0 bridgehead atoms. The lowest BCUT2D eigenvalue weighted by atomic mass is 10.1. The normalized spacial score (nSPS) is 24.2. The largest absolute Gasteiger partial charge is 0.287 e. The Balaban J connectivity index is 2.13. The van der Waals surface area contributed by atoms with Crippen LogP contribution in [0.5, 0.6) is 0 Å². The van der Waals surface area contributed by atoms with E-state index in [1.54, 1.807) is 12.2 Å². The zero-order valence-corrected chi connectivity index (χ0v) is 9.97. The molecule has 17 heavy (non-hydrogen) atoms. The predicted molar refractivity (Wildman–Crippen MR) is 70.3 cm³/mol. The predicted octanol–water partition coefficient (Wildman–Crippen LogP) is 2.77. The molecule has 0 aromatic carbocycles. The molecule has 86 valence electrons. The molecule has 0 aromatic heterocycles. The lowest BCUT2D eigenvalue weighted by Crippen LogP contribution is -2.11. The number of allylic oxidation sites excluding steroid dienone is 8. The van der Waals surface area contributed by atoms with Gasteiger partial charge in [-0.3, -0.25) is 4.79 Å². The highest BCUT2D eigenvalue weighted by Crippen LogP contribution is 2.08. The minimum atomic E-state index is -0.0825. The number of hydrogen-bond donors (Lipinski definition) is 0. The number of carbonyl (C=O) groups excluding carboxylic acids is 1. The van der Waals surface area contributed by atoms with Crippen LogP contribution in [0, 0.1) is 0 Å². The van der Waals surface area contributed by atoms with E-state index in [4.69, 9.17) is 0 Å². The SMILES string of the molecule is CC1=CC/C(=N\N=C2/C=CC(C)=CC2=O)C=C1. The van der Waals surface area contributed by atoms with Crippen molar-refractivity contribution in [2.45, 2.75) is 20.3 Å². The van der Waals surface area contributed by atoms with Crippen molar-refractivity contribution in [3.63, 3.8) is 0 Å². The van der Waals surface area contributed by atoms with Crippen LogP contribution in [-0.2, 0) is 4.79 Å². The highest BCUT2D eigenvalue weighted by Gasteiger charge is 2.09. The van der Waals surface area contributed by atoms with Crippen molar-refractivity contribution in [2.75, 3.05) is 0 Å². The molecule has 0 atom stereocenters. The van der Waals surface area contributed by atoms with Gasteiger partial charge in [0.25, 0.3) is 0 Å². The molecule has 0 heterocycles. The van der Waals surface area contributed by atoms with Gasteiger partial charge < -0.3 is 0 Å². The van der Waals surface area contributed by atoms with Gasteiger partial charge in [-0.15, -0.1) is 5.10 Å². The zero-order valence-electron chi connectivity index (χ0n) is 9.97. The fraction of sp³-hybridized carbons (Fsp3) is 0.214. The molecule has 2 aliphatic rings. The molecule has 0 radical (unpaired) electrons. The molecule has 3 heteroatoms. The van der Waals surface area contributed by atoms with Crippen LogP contribution in [0.3, 0.4) is 0 Å². The van der Waals surface area contributed by atoms with Crippen molar-refractivity contribution in [3.8, 4) is 0 Å². The van der Waals surface area contributed by atoms with Gasteiger partial charge in [0.05, 0.1) is 5.71 Å². The summed E-state index contributed by atoms with van der Waals surface area (Å²) in [7, 11) is 0. The summed E-state index contributed by atoms with van der Waals surface area (Å²) in [6.45, 7) is 3.93. The molecule has 0 amide bonds. The Labute approximate surface area is 101 Å². The Bertz CT molecular complexity index is 528. The van der Waals surface area contributed by atoms with Gasteiger partial charge >= 0.3 is 0 Å². The highest BCUT2D eigenvalue weighted by atomic mass is 16.1. The average Bonchev–Trinajstić information content (AvgIpc) is 2.30. The van der Waals surface area contributed by atoms with Gasteiger partial charge in [0.1, 0.15) is 5.71 Å². The van der Waals surface area contributed by atoms with Gasteiger partial charge in [0, 0.05) is 6.42 Å². The molecule has 0 unspecified atom stereocenters. The summed E-state index contributed by atoms with van der Waals surface area (Å²) in [5.41, 5.74) is 3.43. The van der Waals surface area contributed by atoms with Crippen molar-refractivity contribution in [3.05, 3.63) is 47.6 Å². The Morgan fingerprint density at radius 2 is 1.76 bits per heavy atom. The topological polar surface area (TPSA) is 41.8 Å². The van der Waals surface area contributed by atoms with E-state index < -0.39 is 0 Å². The summed E-state index contributed by atoms with van der Waals surface area (Å²) in [6.07, 6.45) is 11.9. The first kappa shape index (κ1) is 11.5. The number of rotatable bonds is 1. The molecular formula is C14H14N2O. The maximum atomic E-state index is 11.6. The second-order valence-corrected chi connectivity index (χ2v) is 4.15. The van der Waals surface area contributed by atoms with Crippen LogP contribution in [0.4, 0.5) is 0 Å². The number of hydrogen-bond acceptors (Lipinski definition) is 3. The quantitative estimate of drug-likeness (QED) is 0.500. The van der Waals surface area contributed by atoms with Gasteiger partial charge in [-0.1, -0.05) is 23.8 Å². The van der Waals surface area contributed by atoms with E-state index in [1.807, 2.05) is 32.1 Å². The van der Waals surface area contributed by atoms with Crippen LogP contribution >= 0.6 is 0 Å². The highest BCUT2D eigenvalue weighted by molar-refractivity contribution is 6.49. The first-order chi connectivity index (χ1) is 8.15. The molecule has 2 aliphatic carbocycles. The maximum Gasteiger partial charge on any atom is 0.206 e. The number of nitrogens with zero attached hydrogens (tertiary/aromatic N) is 2. The van der Waals surface area contributed by atoms with Gasteiger partial charge in [0.15, 0.2) is 0 Å². The van der Waals surface area contributed by atoms with E-state index in [9.17, 15) is 4.79 Å². The Morgan fingerprint density at radius 1 is 1.00 bits per heavy atom. The Hall–Kier alpha value is -2.03. The lowest BCUT2D eigenvalue weighted by Gasteiger charge is -2.04. The molecule has 0 saturated heterocycles. The van der Waals surface area contributed by atoms with E-state index in [0.717, 1.165) is 17.7 Å². The second kappa shape index (κ2) is 4.87. The zero-order chi connectivity index (χ0) is 12.3. The molecule has 0 fully saturated rings. The lowest BCUT2D eigenvalue weighted by molar-refractivity contribution is -0.108. The van der Waals surface area contributed by atoms with Crippen LogP contribution in [0.1, 0.15) is 20.3 Å². The van der Waals surface area contributed by atoms with Crippen molar-refractivity contribution in [2.24, 2.45) is 10.2 Å². The van der Waals surface area contributed by atoms with Gasteiger partial charge in [0.2, 0.25) is 5.78 Å². The Morgan fingerprint density at radius 3 is 2.41 bits per heavy atom. The first-order valence-electron chi connectivity index (χ1n) is 5.55. The van der Waals surface area contributed by atoms with E-state index >= 15 is 0 Å². The average molecular weight is 226 g/mol. The molecule has 0 saturated carbocycles. The van der Waals surface area contributed by atoms with E-state index in [1.165, 1.54) is 5.57 Å². The van der Waals surface area contributed by atoms with Crippen LogP contribution in [0.25, 0.3) is 0 Å². The summed E-state index contributed by atoms with van der Waals surface area (Å²) < 4.78 is 0. The number of carbonyl (C=O) groups is 1. The maximum absolute atomic E-state index is 11.6. The van der Waals surface area contributed by atoms with Crippen LogP contribution < -0.4 is 0 Å². The smallest absolute Gasteiger partial charge is 0.206 e. The third-order valence-corrected chi connectivity index (χ3v) is 2.57. The van der Waals surface area contributed by atoms with Gasteiger partial charge in [-0.05, 0) is 37.6 Å². The molecule has 0 aliphatic heterocycles. The molecule has 0 N–H and O–H groups in total. The summed E-state index contributed by atoms with van der Waals surface area (Å²) in [5.74, 6) is -0.0825. The molecule has 2 rings (SSSR count). The molecule has 0 spiro atoms. The molecular weight excluding hydrogens is 212 g/mol. The third-order valence-electron chi connectivity index (χ3n) is 2.57. The Kier molecular flexibility index (Phi) is 3.28. The van der Waals surface area contributed by atoms with Crippen molar-refractivity contribution in [1.82, 2.24) is 0 Å². The van der Waals surface area contributed by atoms with Crippen molar-refractivity contribution < 1.29 is 4.79 Å². The van der Waals surface area contributed by atoms with Crippen molar-refractivity contribution in [1.29, 1.82) is 0 Å². The van der Waals surface area contributed by atoms with Crippen LogP contribution in [-0.4, -0.2) is 17.2 Å². The van der Waals surface area contributed by atoms with Crippen LogP contribution in [0.15, 0.2) is 57.8 Å². The second-order valence-electron chi connectivity index (χ2n) is 4.15. The van der Waals surface area contributed by atoms with E-state index in [2.05, 4.69) is 16.3 Å². The monoisotopic (exact) mass is 226 g/mol. The standard InChI is InChI=1S/C14H14N2O/c1-10-3-6-12(7-4-10)15-16-13-8-5-11(2)9-14(13)17/h3-6,8-9H,7H2,1-2H3/b15-12-,16-13+. The summed E-state index contributed by atoms with van der Waals surface area (Å²) >= 11 is 0. The molecule has 3 nitrogen and oxygen atoms in total. The summed E-state index contributed by atoms with van der Waals surface area (Å²) in [5, 5.41) is 8.08. The fourth-order valence-electron chi connectivity index (χ4n) is 1.53.